The number of anilines is 1. The van der Waals surface area contributed by atoms with Gasteiger partial charge in [-0.05, 0) is 12.8 Å². The maximum atomic E-state index is 11.8. The molecule has 0 fully saturated rings. The summed E-state index contributed by atoms with van der Waals surface area (Å²) >= 11 is 0. The zero-order valence-electron chi connectivity index (χ0n) is 11.4. The van der Waals surface area contributed by atoms with Gasteiger partial charge >= 0.3 is 0 Å². The van der Waals surface area contributed by atoms with Gasteiger partial charge in [0.1, 0.15) is 11.5 Å². The van der Waals surface area contributed by atoms with Crippen molar-refractivity contribution in [1.29, 1.82) is 0 Å². The van der Waals surface area contributed by atoms with E-state index in [2.05, 4.69) is 25.6 Å². The number of rotatable bonds is 7. The Morgan fingerprint density at radius 3 is 2.95 bits per heavy atom. The number of aryl methyl sites for hydroxylation is 1. The van der Waals surface area contributed by atoms with Gasteiger partial charge in [-0.1, -0.05) is 0 Å². The maximum absolute atomic E-state index is 11.8. The van der Waals surface area contributed by atoms with Crippen molar-refractivity contribution in [2.24, 2.45) is 0 Å². The van der Waals surface area contributed by atoms with Gasteiger partial charge < -0.3 is 15.2 Å². The van der Waals surface area contributed by atoms with Crippen molar-refractivity contribution in [3.8, 4) is 0 Å². The van der Waals surface area contributed by atoms with Gasteiger partial charge in [-0.2, -0.15) is 0 Å². The Bertz CT molecular complexity index is 540. The number of carbonyl (C=O) groups excluding carboxylic acids is 1. The molecule has 2 aromatic rings. The number of amides is 1. The van der Waals surface area contributed by atoms with E-state index in [9.17, 15) is 4.79 Å². The SMILES string of the molecule is CNc1cncc(C(=O)NCCCCn2ccnc2)n1. The molecule has 2 aromatic heterocycles. The fourth-order valence-corrected chi connectivity index (χ4v) is 1.73. The van der Waals surface area contributed by atoms with Crippen LogP contribution in [0.15, 0.2) is 31.1 Å². The third-order valence-corrected chi connectivity index (χ3v) is 2.81. The maximum Gasteiger partial charge on any atom is 0.271 e. The van der Waals surface area contributed by atoms with Crippen LogP contribution in [0.25, 0.3) is 0 Å². The van der Waals surface area contributed by atoms with Crippen LogP contribution >= 0.6 is 0 Å². The Kier molecular flexibility index (Phi) is 5.05. The lowest BCUT2D eigenvalue weighted by Crippen LogP contribution is -2.25. The van der Waals surface area contributed by atoms with Crippen LogP contribution < -0.4 is 10.6 Å². The number of nitrogens with one attached hydrogen (secondary N) is 2. The molecule has 7 heteroatoms. The molecule has 0 bridgehead atoms. The minimum absolute atomic E-state index is 0.197. The summed E-state index contributed by atoms with van der Waals surface area (Å²) in [5, 5.41) is 5.69. The van der Waals surface area contributed by atoms with Crippen LogP contribution in [0.3, 0.4) is 0 Å². The van der Waals surface area contributed by atoms with Crippen LogP contribution in [0, 0.1) is 0 Å². The molecule has 0 saturated carbocycles. The molecule has 20 heavy (non-hydrogen) atoms. The lowest BCUT2D eigenvalue weighted by Gasteiger charge is -2.06. The number of hydrogen-bond donors (Lipinski definition) is 2. The van der Waals surface area contributed by atoms with Crippen molar-refractivity contribution in [2.45, 2.75) is 19.4 Å². The van der Waals surface area contributed by atoms with E-state index in [-0.39, 0.29) is 5.91 Å². The molecule has 106 valence electrons. The van der Waals surface area contributed by atoms with Gasteiger partial charge in [0.15, 0.2) is 0 Å². The van der Waals surface area contributed by atoms with Crippen LogP contribution in [-0.4, -0.2) is 39.0 Å². The fraction of sp³-hybridized carbons (Fsp3) is 0.385. The van der Waals surface area contributed by atoms with E-state index in [1.165, 1.54) is 6.20 Å². The summed E-state index contributed by atoms with van der Waals surface area (Å²) in [6.07, 6.45) is 10.4. The lowest BCUT2D eigenvalue weighted by atomic mass is 10.3. The highest BCUT2D eigenvalue weighted by atomic mass is 16.1. The second kappa shape index (κ2) is 7.22. The average molecular weight is 274 g/mol. The molecule has 7 nitrogen and oxygen atoms in total. The molecule has 2 heterocycles. The van der Waals surface area contributed by atoms with Crippen LogP contribution in [-0.2, 0) is 6.54 Å². The molecule has 0 aliphatic rings. The molecule has 0 radical (unpaired) electrons. The Balaban J connectivity index is 1.69. The average Bonchev–Trinajstić information content (AvgIpc) is 3.00. The molecule has 0 atom stereocenters. The Hall–Kier alpha value is -2.44. The standard InChI is InChI=1S/C13H18N6O/c1-14-12-9-16-8-11(18-12)13(20)17-4-2-3-6-19-7-5-15-10-19/h5,7-10H,2-4,6H2,1H3,(H,14,18)(H,17,20). The van der Waals surface area contributed by atoms with Gasteiger partial charge in [0.2, 0.25) is 0 Å². The van der Waals surface area contributed by atoms with Gasteiger partial charge in [-0.3, -0.25) is 9.78 Å². The highest BCUT2D eigenvalue weighted by Crippen LogP contribution is 2.01. The summed E-state index contributed by atoms with van der Waals surface area (Å²) in [5.74, 6) is 0.384. The fourth-order valence-electron chi connectivity index (χ4n) is 1.73. The molecular weight excluding hydrogens is 256 g/mol. The largest absolute Gasteiger partial charge is 0.372 e. The number of aromatic nitrogens is 4. The van der Waals surface area contributed by atoms with Crippen LogP contribution in [0.5, 0.6) is 0 Å². The van der Waals surface area contributed by atoms with E-state index in [1.807, 2.05) is 10.8 Å². The normalized spacial score (nSPS) is 10.2. The third-order valence-electron chi connectivity index (χ3n) is 2.81. The van der Waals surface area contributed by atoms with Crippen LogP contribution in [0.4, 0.5) is 5.82 Å². The molecule has 0 aliphatic heterocycles. The van der Waals surface area contributed by atoms with Gasteiger partial charge in [0.25, 0.3) is 5.91 Å². The lowest BCUT2D eigenvalue weighted by molar-refractivity contribution is 0.0947. The van der Waals surface area contributed by atoms with Crippen LogP contribution in [0.2, 0.25) is 0 Å². The number of imidazole rings is 1. The second-order valence-electron chi connectivity index (χ2n) is 4.30. The van der Waals surface area contributed by atoms with Gasteiger partial charge in [-0.15, -0.1) is 0 Å². The summed E-state index contributed by atoms with van der Waals surface area (Å²) in [6.45, 7) is 1.53. The van der Waals surface area contributed by atoms with Crippen molar-refractivity contribution in [3.05, 3.63) is 36.8 Å². The van der Waals surface area contributed by atoms with E-state index < -0.39 is 0 Å². The Labute approximate surface area is 117 Å². The molecule has 2 N–H and O–H groups in total. The highest BCUT2D eigenvalue weighted by Gasteiger charge is 2.07. The van der Waals surface area contributed by atoms with Crippen molar-refractivity contribution >= 4 is 11.7 Å². The minimum Gasteiger partial charge on any atom is -0.372 e. The molecule has 0 unspecified atom stereocenters. The first-order valence-corrected chi connectivity index (χ1v) is 6.53. The number of nitrogens with zero attached hydrogens (tertiary/aromatic N) is 4. The Morgan fingerprint density at radius 2 is 2.20 bits per heavy atom. The quantitative estimate of drug-likeness (QED) is 0.734. The second-order valence-corrected chi connectivity index (χ2v) is 4.30. The minimum atomic E-state index is -0.197. The zero-order chi connectivity index (χ0) is 14.2. The Morgan fingerprint density at radius 1 is 1.30 bits per heavy atom. The van der Waals surface area contributed by atoms with Gasteiger partial charge in [-0.25, -0.2) is 9.97 Å². The molecule has 0 aromatic carbocycles. The summed E-state index contributed by atoms with van der Waals surface area (Å²) in [4.78, 5) is 23.9. The van der Waals surface area contributed by atoms with E-state index in [1.54, 1.807) is 25.8 Å². The highest BCUT2D eigenvalue weighted by molar-refractivity contribution is 5.92. The number of hydrogen-bond acceptors (Lipinski definition) is 5. The molecule has 0 spiro atoms. The molecule has 1 amide bonds. The van der Waals surface area contributed by atoms with Crippen LogP contribution in [0.1, 0.15) is 23.3 Å². The molecule has 0 aliphatic carbocycles. The summed E-state index contributed by atoms with van der Waals surface area (Å²) in [6, 6.07) is 0. The van der Waals surface area contributed by atoms with Crippen molar-refractivity contribution in [3.63, 3.8) is 0 Å². The van der Waals surface area contributed by atoms with E-state index in [0.717, 1.165) is 19.4 Å². The van der Waals surface area contributed by atoms with E-state index >= 15 is 0 Å². The summed E-state index contributed by atoms with van der Waals surface area (Å²) < 4.78 is 2.02. The zero-order valence-corrected chi connectivity index (χ0v) is 11.4. The topological polar surface area (TPSA) is 84.7 Å². The first-order valence-electron chi connectivity index (χ1n) is 6.53. The summed E-state index contributed by atoms with van der Waals surface area (Å²) in [5.41, 5.74) is 0.325. The van der Waals surface area contributed by atoms with Crippen molar-refractivity contribution in [2.75, 3.05) is 18.9 Å². The predicted molar refractivity (Wildman–Crippen MR) is 75.4 cm³/mol. The first-order chi connectivity index (χ1) is 9.79. The summed E-state index contributed by atoms with van der Waals surface area (Å²) in [7, 11) is 1.74. The predicted octanol–water partition coefficient (Wildman–Crippen LogP) is 0.925. The number of unbranched alkanes of at least 4 members (excludes halogenated alkanes) is 1. The van der Waals surface area contributed by atoms with E-state index in [4.69, 9.17) is 0 Å². The smallest absolute Gasteiger partial charge is 0.271 e. The molecule has 2 rings (SSSR count). The monoisotopic (exact) mass is 274 g/mol. The van der Waals surface area contributed by atoms with Gasteiger partial charge in [0, 0.05) is 32.5 Å². The molecular formula is C13H18N6O. The number of carbonyl (C=O) groups is 1. The third kappa shape index (κ3) is 4.04. The van der Waals surface area contributed by atoms with Gasteiger partial charge in [0.05, 0.1) is 18.7 Å². The first kappa shape index (κ1) is 14.0. The van der Waals surface area contributed by atoms with E-state index in [0.29, 0.717) is 18.1 Å². The van der Waals surface area contributed by atoms with Crippen molar-refractivity contribution in [1.82, 2.24) is 24.8 Å². The molecule has 0 saturated heterocycles. The van der Waals surface area contributed by atoms with Crippen molar-refractivity contribution < 1.29 is 4.79 Å².